The summed E-state index contributed by atoms with van der Waals surface area (Å²) in [4.78, 5) is 14.7. The third-order valence-electron chi connectivity index (χ3n) is 3.89. The van der Waals surface area contributed by atoms with E-state index in [4.69, 9.17) is 4.74 Å². The van der Waals surface area contributed by atoms with E-state index in [-0.39, 0.29) is 12.0 Å². The van der Waals surface area contributed by atoms with Crippen LogP contribution in [0.25, 0.3) is 5.65 Å². The highest BCUT2D eigenvalue weighted by Gasteiger charge is 2.26. The Morgan fingerprint density at radius 3 is 3.14 bits per heavy atom. The molecule has 0 aliphatic carbocycles. The van der Waals surface area contributed by atoms with E-state index < -0.39 is 0 Å². The number of pyridine rings is 1. The molecule has 3 heterocycles. The largest absolute Gasteiger partial charge is 0.376 e. The van der Waals surface area contributed by atoms with Gasteiger partial charge in [0.25, 0.3) is 5.91 Å². The van der Waals surface area contributed by atoms with Crippen LogP contribution < -0.4 is 0 Å². The average Bonchev–Trinajstić information content (AvgIpc) is 2.81. The highest BCUT2D eigenvalue weighted by Crippen LogP contribution is 2.17. The molecule has 1 aliphatic heterocycles. The lowest BCUT2D eigenvalue weighted by molar-refractivity contribution is 0.0222. The van der Waals surface area contributed by atoms with Crippen molar-refractivity contribution in [1.29, 1.82) is 0 Å². The van der Waals surface area contributed by atoms with Crippen molar-refractivity contribution in [2.75, 3.05) is 19.7 Å². The highest BCUT2D eigenvalue weighted by atomic mass is 16.5. The number of nitrogens with zero attached hydrogens (tertiary/aromatic N) is 4. The summed E-state index contributed by atoms with van der Waals surface area (Å²) in [6.07, 6.45) is 4.41. The normalized spacial score (nSPS) is 20.0. The Balaban J connectivity index is 1.88. The SMILES string of the molecule is CC(C)C1CN(C(=O)c2cccn3cnnc23)CCCO1. The Morgan fingerprint density at radius 2 is 2.33 bits per heavy atom. The minimum Gasteiger partial charge on any atom is -0.376 e. The molecule has 0 N–H and O–H groups in total. The number of amides is 1. The predicted octanol–water partition coefficient (Wildman–Crippen LogP) is 1.62. The molecular formula is C15H20N4O2. The number of ether oxygens (including phenoxy) is 1. The fraction of sp³-hybridized carbons (Fsp3) is 0.533. The molecule has 0 bridgehead atoms. The van der Waals surface area contributed by atoms with Crippen LogP contribution in [0.4, 0.5) is 0 Å². The maximum Gasteiger partial charge on any atom is 0.257 e. The minimum absolute atomic E-state index is 0.00440. The topological polar surface area (TPSA) is 59.7 Å². The smallest absolute Gasteiger partial charge is 0.257 e. The quantitative estimate of drug-likeness (QED) is 0.842. The van der Waals surface area contributed by atoms with Gasteiger partial charge in [-0.25, -0.2) is 0 Å². The molecule has 3 rings (SSSR count). The van der Waals surface area contributed by atoms with E-state index >= 15 is 0 Å². The van der Waals surface area contributed by atoms with Gasteiger partial charge in [-0.3, -0.25) is 9.20 Å². The maximum atomic E-state index is 12.8. The van der Waals surface area contributed by atoms with E-state index in [0.29, 0.717) is 30.3 Å². The number of hydrogen-bond acceptors (Lipinski definition) is 4. The first-order valence-electron chi connectivity index (χ1n) is 7.36. The maximum absolute atomic E-state index is 12.8. The summed E-state index contributed by atoms with van der Waals surface area (Å²) in [5.41, 5.74) is 1.20. The van der Waals surface area contributed by atoms with Crippen LogP contribution in [0.3, 0.4) is 0 Å². The van der Waals surface area contributed by atoms with Gasteiger partial charge in [0.1, 0.15) is 6.33 Å². The molecule has 0 saturated carbocycles. The predicted molar refractivity (Wildman–Crippen MR) is 78.1 cm³/mol. The fourth-order valence-corrected chi connectivity index (χ4v) is 2.63. The number of aromatic nitrogens is 3. The van der Waals surface area contributed by atoms with E-state index in [9.17, 15) is 4.79 Å². The van der Waals surface area contributed by atoms with Gasteiger partial charge >= 0.3 is 0 Å². The zero-order valence-electron chi connectivity index (χ0n) is 12.4. The molecule has 1 unspecified atom stereocenters. The number of fused-ring (bicyclic) bond motifs is 1. The molecule has 0 radical (unpaired) electrons. The van der Waals surface area contributed by atoms with Crippen molar-refractivity contribution in [2.45, 2.75) is 26.4 Å². The Bertz CT molecular complexity index is 637. The Morgan fingerprint density at radius 1 is 1.48 bits per heavy atom. The molecule has 1 atom stereocenters. The first kappa shape index (κ1) is 14.0. The van der Waals surface area contributed by atoms with Gasteiger partial charge in [0, 0.05) is 25.9 Å². The van der Waals surface area contributed by atoms with Crippen molar-refractivity contribution >= 4 is 11.6 Å². The van der Waals surface area contributed by atoms with Crippen molar-refractivity contribution < 1.29 is 9.53 Å². The zero-order chi connectivity index (χ0) is 14.8. The van der Waals surface area contributed by atoms with Crippen LogP contribution in [0.15, 0.2) is 24.7 Å². The molecule has 1 fully saturated rings. The summed E-state index contributed by atoms with van der Waals surface area (Å²) in [6.45, 7) is 6.31. The lowest BCUT2D eigenvalue weighted by atomic mass is 10.1. The number of rotatable bonds is 2. The van der Waals surface area contributed by atoms with Crippen LogP contribution in [-0.2, 0) is 4.74 Å². The standard InChI is InChI=1S/C15H20N4O2/c1-11(2)13-9-18(7-4-8-21-13)15(20)12-5-3-6-19-10-16-17-14(12)19/h3,5-6,10-11,13H,4,7-9H2,1-2H3. The van der Waals surface area contributed by atoms with Gasteiger partial charge in [0.2, 0.25) is 0 Å². The molecule has 0 spiro atoms. The van der Waals surface area contributed by atoms with Gasteiger partial charge in [-0.1, -0.05) is 13.8 Å². The number of hydrogen-bond donors (Lipinski definition) is 0. The summed E-state index contributed by atoms with van der Waals surface area (Å²) in [7, 11) is 0. The summed E-state index contributed by atoms with van der Waals surface area (Å²) in [5, 5.41) is 7.92. The molecule has 21 heavy (non-hydrogen) atoms. The second kappa shape index (κ2) is 5.81. The van der Waals surface area contributed by atoms with E-state index in [1.807, 2.05) is 23.2 Å². The van der Waals surface area contributed by atoms with Gasteiger partial charge in [-0.15, -0.1) is 10.2 Å². The van der Waals surface area contributed by atoms with E-state index in [0.717, 1.165) is 13.0 Å². The van der Waals surface area contributed by atoms with Crippen LogP contribution in [0.5, 0.6) is 0 Å². The molecule has 1 amide bonds. The first-order chi connectivity index (χ1) is 10.2. The number of carbonyl (C=O) groups is 1. The molecule has 2 aromatic rings. The lowest BCUT2D eigenvalue weighted by Crippen LogP contribution is -2.39. The highest BCUT2D eigenvalue weighted by molar-refractivity contribution is 5.99. The summed E-state index contributed by atoms with van der Waals surface area (Å²) < 4.78 is 7.59. The van der Waals surface area contributed by atoms with E-state index in [2.05, 4.69) is 24.0 Å². The lowest BCUT2D eigenvalue weighted by Gasteiger charge is -2.26. The van der Waals surface area contributed by atoms with Gasteiger partial charge in [-0.2, -0.15) is 0 Å². The zero-order valence-corrected chi connectivity index (χ0v) is 12.4. The van der Waals surface area contributed by atoms with Gasteiger partial charge in [-0.05, 0) is 24.5 Å². The van der Waals surface area contributed by atoms with Gasteiger partial charge in [0.15, 0.2) is 5.65 Å². The second-order valence-corrected chi connectivity index (χ2v) is 5.74. The Kier molecular flexibility index (Phi) is 3.88. The number of carbonyl (C=O) groups excluding carboxylic acids is 1. The summed E-state index contributed by atoms with van der Waals surface area (Å²) in [5.74, 6) is 0.395. The molecular weight excluding hydrogens is 268 g/mol. The van der Waals surface area contributed by atoms with Gasteiger partial charge < -0.3 is 9.64 Å². The average molecular weight is 288 g/mol. The monoisotopic (exact) mass is 288 g/mol. The second-order valence-electron chi connectivity index (χ2n) is 5.74. The van der Waals surface area contributed by atoms with E-state index in [1.165, 1.54) is 0 Å². The Labute approximate surface area is 123 Å². The molecule has 2 aromatic heterocycles. The third kappa shape index (κ3) is 2.76. The van der Waals surface area contributed by atoms with Crippen molar-refractivity contribution in [1.82, 2.24) is 19.5 Å². The Hall–Kier alpha value is -1.95. The molecule has 0 aromatic carbocycles. The fourth-order valence-electron chi connectivity index (χ4n) is 2.63. The minimum atomic E-state index is 0.00440. The molecule has 112 valence electrons. The summed E-state index contributed by atoms with van der Waals surface area (Å²) >= 11 is 0. The third-order valence-corrected chi connectivity index (χ3v) is 3.89. The van der Waals surface area contributed by atoms with Crippen LogP contribution in [0, 0.1) is 5.92 Å². The first-order valence-corrected chi connectivity index (χ1v) is 7.36. The molecule has 6 nitrogen and oxygen atoms in total. The van der Waals surface area contributed by atoms with Crippen molar-refractivity contribution in [3.8, 4) is 0 Å². The van der Waals surface area contributed by atoms with Crippen LogP contribution >= 0.6 is 0 Å². The van der Waals surface area contributed by atoms with Crippen molar-refractivity contribution in [3.63, 3.8) is 0 Å². The van der Waals surface area contributed by atoms with Crippen molar-refractivity contribution in [3.05, 3.63) is 30.2 Å². The van der Waals surface area contributed by atoms with Crippen LogP contribution in [-0.4, -0.2) is 51.2 Å². The summed E-state index contributed by atoms with van der Waals surface area (Å²) in [6, 6.07) is 3.65. The van der Waals surface area contributed by atoms with Gasteiger partial charge in [0.05, 0.1) is 11.7 Å². The van der Waals surface area contributed by atoms with Crippen molar-refractivity contribution in [2.24, 2.45) is 5.92 Å². The molecule has 1 aliphatic rings. The van der Waals surface area contributed by atoms with Crippen LogP contribution in [0.2, 0.25) is 0 Å². The molecule has 1 saturated heterocycles. The van der Waals surface area contributed by atoms with E-state index in [1.54, 1.807) is 10.7 Å². The molecule has 6 heteroatoms. The van der Waals surface area contributed by atoms with Crippen LogP contribution in [0.1, 0.15) is 30.6 Å².